The van der Waals surface area contributed by atoms with Crippen molar-refractivity contribution in [2.75, 3.05) is 0 Å². The van der Waals surface area contributed by atoms with E-state index >= 15 is 0 Å². The largest absolute Gasteiger partial charge is 0.506 e. The summed E-state index contributed by atoms with van der Waals surface area (Å²) < 4.78 is 1.83. The highest BCUT2D eigenvalue weighted by atomic mass is 16.3. The van der Waals surface area contributed by atoms with Gasteiger partial charge in [-0.1, -0.05) is 0 Å². The second-order valence-electron chi connectivity index (χ2n) is 3.34. The Labute approximate surface area is 91.1 Å². The van der Waals surface area contributed by atoms with Gasteiger partial charge in [0.15, 0.2) is 5.65 Å². The Bertz CT molecular complexity index is 647. The molecule has 0 aromatic carbocycles. The fourth-order valence-corrected chi connectivity index (χ4v) is 1.54. The minimum atomic E-state index is 0.120. The van der Waals surface area contributed by atoms with Crippen molar-refractivity contribution in [1.82, 2.24) is 19.4 Å². The predicted octanol–water partition coefficient (Wildman–Crippen LogP) is 1.50. The molecule has 0 saturated carbocycles. The molecule has 0 bridgehead atoms. The van der Waals surface area contributed by atoms with Crippen LogP contribution in [0.25, 0.3) is 17.0 Å². The summed E-state index contributed by atoms with van der Waals surface area (Å²) in [5.74, 6) is 0.120. The van der Waals surface area contributed by atoms with Crippen molar-refractivity contribution in [3.8, 4) is 17.1 Å². The van der Waals surface area contributed by atoms with Crippen molar-refractivity contribution in [2.45, 2.75) is 0 Å². The predicted molar refractivity (Wildman–Crippen MR) is 57.9 cm³/mol. The minimum Gasteiger partial charge on any atom is -0.506 e. The summed E-state index contributed by atoms with van der Waals surface area (Å²) in [6.07, 6.45) is 8.56. The van der Waals surface area contributed by atoms with Crippen molar-refractivity contribution in [3.63, 3.8) is 0 Å². The van der Waals surface area contributed by atoms with Crippen LogP contribution in [0, 0.1) is 0 Å². The van der Waals surface area contributed by atoms with Gasteiger partial charge in [0.1, 0.15) is 17.1 Å². The lowest BCUT2D eigenvalue weighted by Gasteiger charge is -2.02. The van der Waals surface area contributed by atoms with Crippen LogP contribution in [0.15, 0.2) is 43.1 Å². The molecular formula is C11H8N4O. The Morgan fingerprint density at radius 2 is 2.06 bits per heavy atom. The smallest absolute Gasteiger partial charge is 0.155 e. The molecule has 5 heteroatoms. The molecule has 0 aliphatic rings. The topological polar surface area (TPSA) is 63.3 Å². The Balaban J connectivity index is 2.22. The molecule has 0 amide bonds. The summed E-state index contributed by atoms with van der Waals surface area (Å²) in [4.78, 5) is 12.4. The third-order valence-corrected chi connectivity index (χ3v) is 2.31. The van der Waals surface area contributed by atoms with Crippen LogP contribution in [-0.4, -0.2) is 24.5 Å². The van der Waals surface area contributed by atoms with Gasteiger partial charge in [-0.3, -0.25) is 4.98 Å². The standard InChI is InChI=1S/C11H8N4O/c16-9-2-1-3-13-11(9)8-7-15-5-4-12-10(15)6-14-8/h1-7,16H. The highest BCUT2D eigenvalue weighted by Crippen LogP contribution is 2.23. The zero-order valence-corrected chi connectivity index (χ0v) is 8.28. The summed E-state index contributed by atoms with van der Waals surface area (Å²) >= 11 is 0. The highest BCUT2D eigenvalue weighted by molar-refractivity contribution is 5.61. The normalized spacial score (nSPS) is 10.8. The summed E-state index contributed by atoms with van der Waals surface area (Å²) in [5, 5.41) is 9.66. The number of fused-ring (bicyclic) bond motifs is 1. The third-order valence-electron chi connectivity index (χ3n) is 2.31. The Morgan fingerprint density at radius 1 is 1.12 bits per heavy atom. The average Bonchev–Trinajstić information content (AvgIpc) is 2.76. The van der Waals surface area contributed by atoms with E-state index in [1.54, 1.807) is 36.9 Å². The van der Waals surface area contributed by atoms with Gasteiger partial charge in [0, 0.05) is 24.8 Å². The lowest BCUT2D eigenvalue weighted by Crippen LogP contribution is -1.92. The molecule has 3 heterocycles. The van der Waals surface area contributed by atoms with Crippen LogP contribution in [0.1, 0.15) is 0 Å². The molecule has 0 fully saturated rings. The number of hydrogen-bond donors (Lipinski definition) is 1. The molecule has 3 aromatic rings. The highest BCUT2D eigenvalue weighted by Gasteiger charge is 2.07. The van der Waals surface area contributed by atoms with Crippen molar-refractivity contribution >= 4 is 5.65 Å². The number of imidazole rings is 1. The second-order valence-corrected chi connectivity index (χ2v) is 3.34. The first kappa shape index (κ1) is 8.84. The van der Waals surface area contributed by atoms with Crippen LogP contribution in [0.5, 0.6) is 5.75 Å². The van der Waals surface area contributed by atoms with E-state index in [0.29, 0.717) is 11.4 Å². The van der Waals surface area contributed by atoms with Crippen LogP contribution in [0.2, 0.25) is 0 Å². The molecule has 0 aliphatic heterocycles. The van der Waals surface area contributed by atoms with Crippen molar-refractivity contribution < 1.29 is 5.11 Å². The number of rotatable bonds is 1. The first-order valence-corrected chi connectivity index (χ1v) is 4.78. The second kappa shape index (κ2) is 3.30. The van der Waals surface area contributed by atoms with Crippen LogP contribution in [0.3, 0.4) is 0 Å². The molecule has 0 unspecified atom stereocenters. The first-order valence-electron chi connectivity index (χ1n) is 4.78. The number of pyridine rings is 1. The quantitative estimate of drug-likeness (QED) is 0.663. The first-order chi connectivity index (χ1) is 7.84. The van der Waals surface area contributed by atoms with E-state index in [4.69, 9.17) is 0 Å². The number of hydrogen-bond acceptors (Lipinski definition) is 4. The van der Waals surface area contributed by atoms with Crippen LogP contribution in [0.4, 0.5) is 0 Å². The lowest BCUT2D eigenvalue weighted by molar-refractivity contribution is 0.475. The van der Waals surface area contributed by atoms with E-state index in [1.165, 1.54) is 0 Å². The molecule has 3 rings (SSSR count). The summed E-state index contributed by atoms with van der Waals surface area (Å²) in [6, 6.07) is 3.26. The van der Waals surface area contributed by atoms with Crippen molar-refractivity contribution in [1.29, 1.82) is 0 Å². The third kappa shape index (κ3) is 1.30. The SMILES string of the molecule is Oc1cccnc1-c1cn2ccnc2cn1. The van der Waals surface area contributed by atoms with Gasteiger partial charge in [0.25, 0.3) is 0 Å². The van der Waals surface area contributed by atoms with Gasteiger partial charge >= 0.3 is 0 Å². The summed E-state index contributed by atoms with van der Waals surface area (Å²) in [7, 11) is 0. The number of aromatic nitrogens is 4. The van der Waals surface area contributed by atoms with Gasteiger partial charge in [0.2, 0.25) is 0 Å². The molecule has 0 radical (unpaired) electrons. The molecule has 0 atom stereocenters. The van der Waals surface area contributed by atoms with E-state index < -0.39 is 0 Å². The molecule has 1 N–H and O–H groups in total. The zero-order valence-electron chi connectivity index (χ0n) is 8.28. The monoisotopic (exact) mass is 212 g/mol. The maximum Gasteiger partial charge on any atom is 0.155 e. The van der Waals surface area contributed by atoms with Crippen molar-refractivity contribution in [2.24, 2.45) is 0 Å². The van der Waals surface area contributed by atoms with Gasteiger partial charge in [-0.25, -0.2) is 9.97 Å². The van der Waals surface area contributed by atoms with E-state index in [0.717, 1.165) is 5.65 Å². The molecule has 3 aromatic heterocycles. The fraction of sp³-hybridized carbons (Fsp3) is 0. The van der Waals surface area contributed by atoms with E-state index in [2.05, 4.69) is 15.0 Å². The Kier molecular flexibility index (Phi) is 1.83. The molecule has 0 aliphatic carbocycles. The molecule has 5 nitrogen and oxygen atoms in total. The molecule has 78 valence electrons. The van der Waals surface area contributed by atoms with Crippen LogP contribution < -0.4 is 0 Å². The summed E-state index contributed by atoms with van der Waals surface area (Å²) in [6.45, 7) is 0. The fourth-order valence-electron chi connectivity index (χ4n) is 1.54. The lowest BCUT2D eigenvalue weighted by atomic mass is 10.2. The van der Waals surface area contributed by atoms with Gasteiger partial charge in [-0.05, 0) is 12.1 Å². The number of aromatic hydroxyl groups is 1. The minimum absolute atomic E-state index is 0.120. The number of nitrogens with zero attached hydrogens (tertiary/aromatic N) is 4. The maximum atomic E-state index is 9.66. The molecule has 16 heavy (non-hydrogen) atoms. The van der Waals surface area contributed by atoms with Gasteiger partial charge < -0.3 is 9.51 Å². The van der Waals surface area contributed by atoms with Crippen LogP contribution >= 0.6 is 0 Å². The Hall–Kier alpha value is -2.43. The van der Waals surface area contributed by atoms with Gasteiger partial charge in [-0.15, -0.1) is 0 Å². The van der Waals surface area contributed by atoms with Gasteiger partial charge in [0.05, 0.1) is 6.20 Å². The van der Waals surface area contributed by atoms with Gasteiger partial charge in [-0.2, -0.15) is 0 Å². The summed E-state index contributed by atoms with van der Waals surface area (Å²) in [5.41, 5.74) is 1.85. The molecular weight excluding hydrogens is 204 g/mol. The van der Waals surface area contributed by atoms with E-state index in [9.17, 15) is 5.11 Å². The van der Waals surface area contributed by atoms with Crippen molar-refractivity contribution in [3.05, 3.63) is 43.1 Å². The molecule has 0 spiro atoms. The van der Waals surface area contributed by atoms with E-state index in [1.807, 2.05) is 10.6 Å². The maximum absolute atomic E-state index is 9.66. The van der Waals surface area contributed by atoms with Crippen LogP contribution in [-0.2, 0) is 0 Å². The Morgan fingerprint density at radius 3 is 2.94 bits per heavy atom. The van der Waals surface area contributed by atoms with E-state index in [-0.39, 0.29) is 5.75 Å². The molecule has 0 saturated heterocycles. The zero-order chi connectivity index (χ0) is 11.0. The average molecular weight is 212 g/mol.